The highest BCUT2D eigenvalue weighted by atomic mass is 32.2. The zero-order valence-electron chi connectivity index (χ0n) is 16.4. The number of nitrogens with zero attached hydrogens (tertiary/aromatic N) is 2. The van der Waals surface area contributed by atoms with Gasteiger partial charge in [-0.2, -0.15) is 0 Å². The van der Waals surface area contributed by atoms with Crippen molar-refractivity contribution < 1.29 is 14.3 Å². The van der Waals surface area contributed by atoms with Crippen molar-refractivity contribution in [2.45, 2.75) is 13.8 Å². The van der Waals surface area contributed by atoms with E-state index in [9.17, 15) is 4.79 Å². The number of esters is 1. The molecule has 0 bridgehead atoms. The number of anilines is 1. The molecule has 1 aliphatic rings. The highest BCUT2D eigenvalue weighted by molar-refractivity contribution is 8.14. The van der Waals surface area contributed by atoms with Gasteiger partial charge in [0, 0.05) is 18.0 Å². The molecule has 0 radical (unpaired) electrons. The maximum atomic E-state index is 11.8. The van der Waals surface area contributed by atoms with Gasteiger partial charge in [0.2, 0.25) is 0 Å². The SMILES string of the molecule is CCOC(=O)c1ccc(NC(=S)N2CCSC2=Nc2ccc(OCC)cc2)cc1. The van der Waals surface area contributed by atoms with Crippen molar-refractivity contribution >= 4 is 51.6 Å². The summed E-state index contributed by atoms with van der Waals surface area (Å²) in [6.07, 6.45) is 0. The molecular formula is C21H23N3O3S2. The van der Waals surface area contributed by atoms with Crippen molar-refractivity contribution in [1.82, 2.24) is 4.90 Å². The average Bonchev–Trinajstić information content (AvgIpc) is 3.19. The van der Waals surface area contributed by atoms with Crippen LogP contribution < -0.4 is 10.1 Å². The second-order valence-electron chi connectivity index (χ2n) is 6.05. The van der Waals surface area contributed by atoms with Gasteiger partial charge in [-0.25, -0.2) is 9.79 Å². The van der Waals surface area contributed by atoms with Gasteiger partial charge in [-0.15, -0.1) is 0 Å². The van der Waals surface area contributed by atoms with E-state index in [1.807, 2.05) is 48.2 Å². The van der Waals surface area contributed by atoms with Crippen LogP contribution in [-0.2, 0) is 4.74 Å². The minimum atomic E-state index is -0.331. The number of thioether (sulfide) groups is 1. The van der Waals surface area contributed by atoms with Crippen LogP contribution in [-0.4, -0.2) is 46.7 Å². The third-order valence-electron chi connectivity index (χ3n) is 4.04. The molecule has 152 valence electrons. The van der Waals surface area contributed by atoms with Gasteiger partial charge >= 0.3 is 5.97 Å². The molecule has 0 saturated carbocycles. The van der Waals surface area contributed by atoms with E-state index in [1.165, 1.54) is 0 Å². The molecule has 0 amide bonds. The number of hydrogen-bond donors (Lipinski definition) is 1. The van der Waals surface area contributed by atoms with Gasteiger partial charge in [-0.1, -0.05) is 11.8 Å². The van der Waals surface area contributed by atoms with E-state index in [-0.39, 0.29) is 5.97 Å². The molecule has 29 heavy (non-hydrogen) atoms. The van der Waals surface area contributed by atoms with E-state index in [4.69, 9.17) is 26.7 Å². The molecule has 1 N–H and O–H groups in total. The number of rotatable bonds is 6. The molecule has 1 aliphatic heterocycles. The Kier molecular flexibility index (Phi) is 7.48. The predicted octanol–water partition coefficient (Wildman–Crippen LogP) is 4.70. The number of ether oxygens (including phenoxy) is 2. The third-order valence-corrected chi connectivity index (χ3v) is 5.32. The van der Waals surface area contributed by atoms with Gasteiger partial charge in [0.1, 0.15) is 5.75 Å². The fourth-order valence-electron chi connectivity index (χ4n) is 2.67. The molecule has 0 aromatic heterocycles. The molecule has 0 unspecified atom stereocenters. The Morgan fingerprint density at radius 2 is 1.86 bits per heavy atom. The summed E-state index contributed by atoms with van der Waals surface area (Å²) in [7, 11) is 0. The summed E-state index contributed by atoms with van der Waals surface area (Å²) in [5, 5.41) is 4.64. The quantitative estimate of drug-likeness (QED) is 0.528. The number of hydrogen-bond acceptors (Lipinski definition) is 6. The normalized spacial score (nSPS) is 14.7. The van der Waals surface area contributed by atoms with Gasteiger partial charge < -0.3 is 14.8 Å². The number of carbonyl (C=O) groups is 1. The first-order valence-electron chi connectivity index (χ1n) is 9.40. The van der Waals surface area contributed by atoms with E-state index in [0.29, 0.717) is 23.9 Å². The van der Waals surface area contributed by atoms with Crippen LogP contribution in [0.15, 0.2) is 53.5 Å². The van der Waals surface area contributed by atoms with Crippen molar-refractivity contribution in [2.75, 3.05) is 30.8 Å². The van der Waals surface area contributed by atoms with Crippen LogP contribution >= 0.6 is 24.0 Å². The maximum absolute atomic E-state index is 11.8. The smallest absolute Gasteiger partial charge is 0.338 e. The van der Waals surface area contributed by atoms with Crippen molar-refractivity contribution in [3.8, 4) is 5.75 Å². The lowest BCUT2D eigenvalue weighted by molar-refractivity contribution is 0.0526. The number of thiocarbonyl (C=S) groups is 1. The Balaban J connectivity index is 1.65. The second-order valence-corrected chi connectivity index (χ2v) is 7.50. The fourth-order valence-corrected chi connectivity index (χ4v) is 3.99. The number of carbonyl (C=O) groups excluding carboxylic acids is 1. The van der Waals surface area contributed by atoms with Gasteiger partial charge in [0.15, 0.2) is 10.3 Å². The summed E-state index contributed by atoms with van der Waals surface area (Å²) in [5.41, 5.74) is 2.17. The van der Waals surface area contributed by atoms with Crippen LogP contribution in [0, 0.1) is 0 Å². The van der Waals surface area contributed by atoms with Crippen LogP contribution in [0.2, 0.25) is 0 Å². The second kappa shape index (κ2) is 10.3. The molecule has 3 rings (SSSR count). The molecule has 0 aliphatic carbocycles. The molecule has 0 atom stereocenters. The monoisotopic (exact) mass is 429 g/mol. The van der Waals surface area contributed by atoms with E-state index >= 15 is 0 Å². The van der Waals surface area contributed by atoms with Crippen molar-refractivity contribution in [2.24, 2.45) is 4.99 Å². The zero-order chi connectivity index (χ0) is 20.6. The highest BCUT2D eigenvalue weighted by Crippen LogP contribution is 2.25. The number of benzene rings is 2. The van der Waals surface area contributed by atoms with Gasteiger partial charge in [-0.05, 0) is 74.6 Å². The molecule has 2 aromatic carbocycles. The first-order chi connectivity index (χ1) is 14.1. The Morgan fingerprint density at radius 1 is 1.14 bits per heavy atom. The third kappa shape index (κ3) is 5.71. The van der Waals surface area contributed by atoms with Crippen LogP contribution in [0.5, 0.6) is 5.75 Å². The number of amidine groups is 1. The van der Waals surface area contributed by atoms with E-state index in [0.717, 1.165) is 34.6 Å². The Hall–Kier alpha value is -2.58. The standard InChI is InChI=1S/C21H23N3O3S2/c1-3-26-18-11-9-17(10-12-18)23-21-24(13-14-29-21)20(28)22-16-7-5-15(6-8-16)19(25)27-4-2/h5-12H,3-4,13-14H2,1-2H3,(H,22,28). The first-order valence-corrected chi connectivity index (χ1v) is 10.8. The highest BCUT2D eigenvalue weighted by Gasteiger charge is 2.23. The van der Waals surface area contributed by atoms with Gasteiger partial charge in [-0.3, -0.25) is 4.90 Å². The summed E-state index contributed by atoms with van der Waals surface area (Å²) in [4.78, 5) is 18.5. The average molecular weight is 430 g/mol. The van der Waals surface area contributed by atoms with Gasteiger partial charge in [0.25, 0.3) is 0 Å². The summed E-state index contributed by atoms with van der Waals surface area (Å²) < 4.78 is 10.5. The fraction of sp³-hybridized carbons (Fsp3) is 0.286. The summed E-state index contributed by atoms with van der Waals surface area (Å²) in [5.74, 6) is 1.41. The van der Waals surface area contributed by atoms with Crippen LogP contribution in [0.4, 0.5) is 11.4 Å². The molecule has 1 saturated heterocycles. The first kappa shape index (κ1) is 21.1. The zero-order valence-corrected chi connectivity index (χ0v) is 18.0. The summed E-state index contributed by atoms with van der Waals surface area (Å²) in [6.45, 7) is 5.52. The topological polar surface area (TPSA) is 63.2 Å². The Labute approximate surface area is 180 Å². The molecule has 1 fully saturated rings. The van der Waals surface area contributed by atoms with E-state index < -0.39 is 0 Å². The lowest BCUT2D eigenvalue weighted by Crippen LogP contribution is -2.35. The van der Waals surface area contributed by atoms with Crippen LogP contribution in [0.3, 0.4) is 0 Å². The van der Waals surface area contributed by atoms with Crippen LogP contribution in [0.1, 0.15) is 24.2 Å². The lowest BCUT2D eigenvalue weighted by atomic mass is 10.2. The van der Waals surface area contributed by atoms with Crippen molar-refractivity contribution in [3.63, 3.8) is 0 Å². The molecule has 6 nitrogen and oxygen atoms in total. The molecular weight excluding hydrogens is 406 g/mol. The molecule has 1 heterocycles. The Morgan fingerprint density at radius 3 is 2.52 bits per heavy atom. The van der Waals surface area contributed by atoms with Crippen molar-refractivity contribution in [3.05, 3.63) is 54.1 Å². The van der Waals surface area contributed by atoms with Crippen LogP contribution in [0.25, 0.3) is 0 Å². The van der Waals surface area contributed by atoms with E-state index in [2.05, 4.69) is 5.32 Å². The number of nitrogens with one attached hydrogen (secondary N) is 1. The van der Waals surface area contributed by atoms with E-state index in [1.54, 1.807) is 30.8 Å². The maximum Gasteiger partial charge on any atom is 0.338 e. The van der Waals surface area contributed by atoms with Crippen molar-refractivity contribution in [1.29, 1.82) is 0 Å². The molecule has 2 aromatic rings. The molecule has 0 spiro atoms. The number of aliphatic imine (C=N–C) groups is 1. The molecule has 8 heteroatoms. The largest absolute Gasteiger partial charge is 0.494 e. The minimum Gasteiger partial charge on any atom is -0.494 e. The summed E-state index contributed by atoms with van der Waals surface area (Å²) >= 11 is 7.25. The summed E-state index contributed by atoms with van der Waals surface area (Å²) in [6, 6.07) is 14.7. The minimum absolute atomic E-state index is 0.331. The lowest BCUT2D eigenvalue weighted by Gasteiger charge is -2.20. The Bertz CT molecular complexity index is 883. The predicted molar refractivity (Wildman–Crippen MR) is 122 cm³/mol. The van der Waals surface area contributed by atoms with Gasteiger partial charge in [0.05, 0.1) is 24.5 Å².